The van der Waals surface area contributed by atoms with E-state index in [1.54, 1.807) is 0 Å². The van der Waals surface area contributed by atoms with Crippen LogP contribution in [0.2, 0.25) is 0 Å². The second kappa shape index (κ2) is 8.35. The molecule has 1 fully saturated rings. The van der Waals surface area contributed by atoms with E-state index in [4.69, 9.17) is 0 Å². The van der Waals surface area contributed by atoms with Crippen LogP contribution in [0.1, 0.15) is 57.7 Å². The van der Waals surface area contributed by atoms with Crippen molar-refractivity contribution in [3.05, 3.63) is 24.0 Å². The first kappa shape index (κ1) is 16.2. The molecule has 2 N–H and O–H groups in total. The van der Waals surface area contributed by atoms with Gasteiger partial charge in [-0.2, -0.15) is 0 Å². The number of nitrogens with zero attached hydrogens (tertiary/aromatic N) is 2. The maximum absolute atomic E-state index is 9.53. The van der Waals surface area contributed by atoms with E-state index >= 15 is 0 Å². The predicted octanol–water partition coefficient (Wildman–Crippen LogP) is 2.88. The Hall–Kier alpha value is -1.13. The van der Waals surface area contributed by atoms with Gasteiger partial charge in [0.1, 0.15) is 0 Å². The van der Waals surface area contributed by atoms with Gasteiger partial charge in [0.25, 0.3) is 0 Å². The van der Waals surface area contributed by atoms with Gasteiger partial charge in [-0.1, -0.05) is 13.8 Å². The molecule has 1 saturated heterocycles. The molecule has 0 aromatic carbocycles. The molecule has 2 unspecified atom stereocenters. The number of rotatable bonds is 7. The summed E-state index contributed by atoms with van der Waals surface area (Å²) in [6.07, 6.45) is 7.66. The largest absolute Gasteiger partial charge is 0.394 e. The van der Waals surface area contributed by atoms with Crippen molar-refractivity contribution >= 4 is 5.69 Å². The summed E-state index contributed by atoms with van der Waals surface area (Å²) in [7, 11) is 0. The Balaban J connectivity index is 2.06. The van der Waals surface area contributed by atoms with Crippen LogP contribution < -0.4 is 10.2 Å². The fraction of sp³-hybridized carbons (Fsp3) is 0.706. The molecule has 1 aliphatic rings. The molecule has 21 heavy (non-hydrogen) atoms. The molecule has 1 aromatic heterocycles. The summed E-state index contributed by atoms with van der Waals surface area (Å²) in [6.45, 7) is 6.66. The third kappa shape index (κ3) is 4.17. The highest BCUT2D eigenvalue weighted by molar-refractivity contribution is 5.46. The van der Waals surface area contributed by atoms with Crippen molar-refractivity contribution in [1.82, 2.24) is 10.3 Å². The summed E-state index contributed by atoms with van der Waals surface area (Å²) < 4.78 is 0. The standard InChI is InChI=1S/C17H29N3O/c1-3-10-18-16(4-2)17-9-8-14(12-19-17)20-11-6-5-7-15(20)13-21/h8-9,12,15-16,18,21H,3-7,10-11,13H2,1-2H3. The number of hydrogen-bond acceptors (Lipinski definition) is 4. The van der Waals surface area contributed by atoms with E-state index in [0.29, 0.717) is 6.04 Å². The normalized spacial score (nSPS) is 20.5. The lowest BCUT2D eigenvalue weighted by atomic mass is 10.0. The van der Waals surface area contributed by atoms with Gasteiger partial charge in [0, 0.05) is 12.6 Å². The Bertz CT molecular complexity index is 407. The van der Waals surface area contributed by atoms with E-state index in [-0.39, 0.29) is 12.6 Å². The van der Waals surface area contributed by atoms with Gasteiger partial charge in [0.2, 0.25) is 0 Å². The zero-order valence-electron chi connectivity index (χ0n) is 13.4. The average Bonchev–Trinajstić information content (AvgIpc) is 2.56. The van der Waals surface area contributed by atoms with Gasteiger partial charge < -0.3 is 15.3 Å². The molecule has 2 rings (SSSR count). The molecule has 0 saturated carbocycles. The summed E-state index contributed by atoms with van der Waals surface area (Å²) in [4.78, 5) is 6.97. The maximum atomic E-state index is 9.53. The molecule has 1 aliphatic heterocycles. The SMILES string of the molecule is CCCNC(CC)c1ccc(N2CCCCC2CO)cn1. The number of aliphatic hydroxyl groups is 1. The van der Waals surface area contributed by atoms with Gasteiger partial charge in [-0.05, 0) is 50.8 Å². The van der Waals surface area contributed by atoms with Crippen molar-refractivity contribution in [3.63, 3.8) is 0 Å². The van der Waals surface area contributed by atoms with E-state index in [0.717, 1.165) is 43.7 Å². The molecule has 0 spiro atoms. The highest BCUT2D eigenvalue weighted by atomic mass is 16.3. The maximum Gasteiger partial charge on any atom is 0.0635 e. The lowest BCUT2D eigenvalue weighted by Crippen LogP contribution is -2.42. The molecule has 2 heterocycles. The minimum atomic E-state index is 0.234. The van der Waals surface area contributed by atoms with Crippen LogP contribution in [-0.4, -0.2) is 35.8 Å². The van der Waals surface area contributed by atoms with Crippen molar-refractivity contribution in [1.29, 1.82) is 0 Å². The summed E-state index contributed by atoms with van der Waals surface area (Å²) in [5.41, 5.74) is 2.26. The molecule has 0 bridgehead atoms. The van der Waals surface area contributed by atoms with Crippen molar-refractivity contribution < 1.29 is 5.11 Å². The molecular weight excluding hydrogens is 262 g/mol. The Morgan fingerprint density at radius 1 is 1.38 bits per heavy atom. The Kier molecular flexibility index (Phi) is 6.46. The van der Waals surface area contributed by atoms with Crippen LogP contribution in [0, 0.1) is 0 Å². The van der Waals surface area contributed by atoms with Gasteiger partial charge in [-0.3, -0.25) is 4.98 Å². The van der Waals surface area contributed by atoms with E-state index < -0.39 is 0 Å². The number of anilines is 1. The van der Waals surface area contributed by atoms with Crippen molar-refractivity contribution in [2.75, 3.05) is 24.6 Å². The molecule has 2 atom stereocenters. The number of aliphatic hydroxyl groups excluding tert-OH is 1. The number of aromatic nitrogens is 1. The van der Waals surface area contributed by atoms with Crippen molar-refractivity contribution in [2.45, 2.75) is 58.0 Å². The van der Waals surface area contributed by atoms with Gasteiger partial charge in [0.05, 0.1) is 30.2 Å². The average molecular weight is 291 g/mol. The zero-order chi connectivity index (χ0) is 15.1. The second-order valence-electron chi connectivity index (χ2n) is 5.88. The molecule has 0 radical (unpaired) electrons. The van der Waals surface area contributed by atoms with E-state index in [1.807, 2.05) is 6.20 Å². The fourth-order valence-electron chi connectivity index (χ4n) is 3.08. The van der Waals surface area contributed by atoms with Gasteiger partial charge >= 0.3 is 0 Å². The fourth-order valence-corrected chi connectivity index (χ4v) is 3.08. The van der Waals surface area contributed by atoms with Crippen LogP contribution in [0.5, 0.6) is 0 Å². The predicted molar refractivity (Wildman–Crippen MR) is 87.6 cm³/mol. The summed E-state index contributed by atoms with van der Waals surface area (Å²) in [5.74, 6) is 0. The third-order valence-corrected chi connectivity index (χ3v) is 4.35. The summed E-state index contributed by atoms with van der Waals surface area (Å²) in [6, 6.07) is 4.89. The first-order chi connectivity index (χ1) is 10.3. The summed E-state index contributed by atoms with van der Waals surface area (Å²) in [5, 5.41) is 13.1. The molecule has 4 nitrogen and oxygen atoms in total. The van der Waals surface area contributed by atoms with E-state index in [9.17, 15) is 5.11 Å². The van der Waals surface area contributed by atoms with Crippen LogP contribution in [0.4, 0.5) is 5.69 Å². The topological polar surface area (TPSA) is 48.4 Å². The highest BCUT2D eigenvalue weighted by Crippen LogP contribution is 2.25. The monoisotopic (exact) mass is 291 g/mol. The first-order valence-electron chi connectivity index (χ1n) is 8.37. The molecular formula is C17H29N3O. The van der Waals surface area contributed by atoms with Crippen LogP contribution in [0.25, 0.3) is 0 Å². The molecule has 1 aromatic rings. The quantitative estimate of drug-likeness (QED) is 0.811. The highest BCUT2D eigenvalue weighted by Gasteiger charge is 2.22. The van der Waals surface area contributed by atoms with Crippen molar-refractivity contribution in [2.24, 2.45) is 0 Å². The number of nitrogens with one attached hydrogen (secondary N) is 1. The Morgan fingerprint density at radius 3 is 2.86 bits per heavy atom. The van der Waals surface area contributed by atoms with Gasteiger partial charge in [-0.15, -0.1) is 0 Å². The molecule has 118 valence electrons. The molecule has 0 amide bonds. The summed E-state index contributed by atoms with van der Waals surface area (Å²) >= 11 is 0. The minimum absolute atomic E-state index is 0.234. The van der Waals surface area contributed by atoms with E-state index in [2.05, 4.69) is 41.2 Å². The molecule has 4 heteroatoms. The number of piperidine rings is 1. The third-order valence-electron chi connectivity index (χ3n) is 4.35. The smallest absolute Gasteiger partial charge is 0.0635 e. The second-order valence-corrected chi connectivity index (χ2v) is 5.88. The Labute approximate surface area is 128 Å². The molecule has 0 aliphatic carbocycles. The van der Waals surface area contributed by atoms with Gasteiger partial charge in [0.15, 0.2) is 0 Å². The van der Waals surface area contributed by atoms with Crippen LogP contribution in [0.15, 0.2) is 18.3 Å². The lowest BCUT2D eigenvalue weighted by molar-refractivity contribution is 0.240. The lowest BCUT2D eigenvalue weighted by Gasteiger charge is -2.36. The van der Waals surface area contributed by atoms with Crippen LogP contribution >= 0.6 is 0 Å². The van der Waals surface area contributed by atoms with Crippen molar-refractivity contribution in [3.8, 4) is 0 Å². The van der Waals surface area contributed by atoms with E-state index in [1.165, 1.54) is 12.8 Å². The zero-order valence-corrected chi connectivity index (χ0v) is 13.4. The number of pyridine rings is 1. The van der Waals surface area contributed by atoms with Crippen LogP contribution in [-0.2, 0) is 0 Å². The van der Waals surface area contributed by atoms with Crippen LogP contribution in [0.3, 0.4) is 0 Å². The number of hydrogen-bond donors (Lipinski definition) is 2. The minimum Gasteiger partial charge on any atom is -0.394 e. The van der Waals surface area contributed by atoms with Gasteiger partial charge in [-0.25, -0.2) is 0 Å². The Morgan fingerprint density at radius 2 is 2.24 bits per heavy atom. The first-order valence-corrected chi connectivity index (χ1v) is 8.37.